The van der Waals surface area contributed by atoms with E-state index in [1.54, 1.807) is 0 Å². The average Bonchev–Trinajstić information content (AvgIpc) is 2.63. The van der Waals surface area contributed by atoms with Crippen LogP contribution in [0.15, 0.2) is 43.3 Å². The van der Waals surface area contributed by atoms with Gasteiger partial charge in [-0.2, -0.15) is 0 Å². The van der Waals surface area contributed by atoms with E-state index >= 15 is 0 Å². The number of fused-ring (bicyclic) bond motifs is 1. The molecule has 2 aromatic rings. The lowest BCUT2D eigenvalue weighted by Gasteiger charge is -2.02. The molecular formula is C12H13N3. The molecule has 3 nitrogen and oxygen atoms in total. The Hall–Kier alpha value is -2.03. The maximum atomic E-state index is 5.69. The summed E-state index contributed by atoms with van der Waals surface area (Å²) in [6, 6.07) is 3.70. The molecule has 15 heavy (non-hydrogen) atoms. The van der Waals surface area contributed by atoms with Crippen LogP contribution in [0.5, 0.6) is 0 Å². The molecule has 0 amide bonds. The Morgan fingerprint density at radius 2 is 2.40 bits per heavy atom. The van der Waals surface area contributed by atoms with Gasteiger partial charge in [-0.1, -0.05) is 18.7 Å². The predicted octanol–water partition coefficient (Wildman–Crippen LogP) is 2.51. The van der Waals surface area contributed by atoms with Crippen LogP contribution in [0.1, 0.15) is 12.6 Å². The molecule has 0 unspecified atom stereocenters. The first-order valence-electron chi connectivity index (χ1n) is 4.78. The quantitative estimate of drug-likeness (QED) is 0.755. The summed E-state index contributed by atoms with van der Waals surface area (Å²) in [6.07, 6.45) is 7.57. The Morgan fingerprint density at radius 3 is 3.07 bits per heavy atom. The van der Waals surface area contributed by atoms with Gasteiger partial charge in [0.2, 0.25) is 0 Å². The van der Waals surface area contributed by atoms with Crippen LogP contribution in [0.3, 0.4) is 0 Å². The number of anilines is 1. The van der Waals surface area contributed by atoms with E-state index in [2.05, 4.69) is 11.6 Å². The standard InChI is InChI=1S/C12H13N3/c1-3-9(4-2)11-8-14-12-7-10(13)5-6-15(11)12/h3-8H,1,13H2,2H3/b9-4-. The van der Waals surface area contributed by atoms with E-state index in [0.717, 1.165) is 22.6 Å². The van der Waals surface area contributed by atoms with Crippen LogP contribution in [-0.2, 0) is 0 Å². The Bertz CT molecular complexity index is 535. The van der Waals surface area contributed by atoms with Crippen LogP contribution < -0.4 is 5.73 Å². The SMILES string of the molecule is C=C/C(=C/C)c1cnc2cc(N)ccn12. The molecule has 0 fully saturated rings. The number of hydrogen-bond donors (Lipinski definition) is 1. The van der Waals surface area contributed by atoms with Crippen molar-refractivity contribution in [2.75, 3.05) is 5.73 Å². The van der Waals surface area contributed by atoms with E-state index in [1.807, 2.05) is 48.0 Å². The van der Waals surface area contributed by atoms with E-state index in [1.165, 1.54) is 0 Å². The first kappa shape index (κ1) is 9.52. The smallest absolute Gasteiger partial charge is 0.139 e. The van der Waals surface area contributed by atoms with Gasteiger partial charge in [-0.25, -0.2) is 4.98 Å². The summed E-state index contributed by atoms with van der Waals surface area (Å²) >= 11 is 0. The third-order valence-corrected chi connectivity index (χ3v) is 2.36. The fourth-order valence-electron chi connectivity index (χ4n) is 1.58. The maximum absolute atomic E-state index is 5.69. The number of aromatic nitrogens is 2. The highest BCUT2D eigenvalue weighted by atomic mass is 15.0. The third kappa shape index (κ3) is 1.52. The largest absolute Gasteiger partial charge is 0.399 e. The van der Waals surface area contributed by atoms with Crippen molar-refractivity contribution in [2.24, 2.45) is 0 Å². The Labute approximate surface area is 88.6 Å². The summed E-state index contributed by atoms with van der Waals surface area (Å²) in [5.74, 6) is 0. The molecule has 0 spiro atoms. The molecule has 76 valence electrons. The summed E-state index contributed by atoms with van der Waals surface area (Å²) in [6.45, 7) is 5.76. The van der Waals surface area contributed by atoms with Crippen molar-refractivity contribution in [3.05, 3.63) is 49.0 Å². The summed E-state index contributed by atoms with van der Waals surface area (Å²) in [5, 5.41) is 0. The highest BCUT2D eigenvalue weighted by Gasteiger charge is 2.04. The zero-order valence-electron chi connectivity index (χ0n) is 8.64. The van der Waals surface area contributed by atoms with E-state index in [0.29, 0.717) is 0 Å². The van der Waals surface area contributed by atoms with Gasteiger partial charge >= 0.3 is 0 Å². The van der Waals surface area contributed by atoms with Crippen molar-refractivity contribution in [2.45, 2.75) is 6.92 Å². The van der Waals surface area contributed by atoms with Gasteiger partial charge in [-0.3, -0.25) is 4.40 Å². The second kappa shape index (κ2) is 3.61. The number of rotatable bonds is 2. The van der Waals surface area contributed by atoms with Crippen molar-refractivity contribution >= 4 is 16.9 Å². The Kier molecular flexibility index (Phi) is 2.29. The number of nitrogen functional groups attached to an aromatic ring is 1. The zero-order chi connectivity index (χ0) is 10.8. The number of hydrogen-bond acceptors (Lipinski definition) is 2. The summed E-state index contributed by atoms with van der Waals surface area (Å²) < 4.78 is 1.99. The molecule has 0 saturated heterocycles. The number of imidazole rings is 1. The fraction of sp³-hybridized carbons (Fsp3) is 0.0833. The van der Waals surface area contributed by atoms with Crippen LogP contribution in [0, 0.1) is 0 Å². The molecule has 2 heterocycles. The predicted molar refractivity (Wildman–Crippen MR) is 63.5 cm³/mol. The minimum atomic E-state index is 0.722. The molecule has 0 aliphatic rings. The van der Waals surface area contributed by atoms with Gasteiger partial charge in [0.25, 0.3) is 0 Å². The highest BCUT2D eigenvalue weighted by molar-refractivity contribution is 5.73. The van der Waals surface area contributed by atoms with Gasteiger partial charge in [-0.15, -0.1) is 0 Å². The summed E-state index contributed by atoms with van der Waals surface area (Å²) in [5.41, 5.74) is 9.35. The van der Waals surface area contributed by atoms with E-state index < -0.39 is 0 Å². The highest BCUT2D eigenvalue weighted by Crippen LogP contribution is 2.18. The number of nitrogens with two attached hydrogens (primary N) is 1. The molecule has 0 aromatic carbocycles. The van der Waals surface area contributed by atoms with Crippen LogP contribution >= 0.6 is 0 Å². The monoisotopic (exact) mass is 199 g/mol. The summed E-state index contributed by atoms with van der Waals surface area (Å²) in [7, 11) is 0. The molecule has 2 aromatic heterocycles. The van der Waals surface area contributed by atoms with Gasteiger partial charge in [0, 0.05) is 18.0 Å². The maximum Gasteiger partial charge on any atom is 0.139 e. The lowest BCUT2D eigenvalue weighted by Crippen LogP contribution is -1.92. The second-order valence-corrected chi connectivity index (χ2v) is 3.28. The Balaban J connectivity index is 2.68. The first-order valence-corrected chi connectivity index (χ1v) is 4.78. The molecule has 0 radical (unpaired) electrons. The van der Waals surface area contributed by atoms with Crippen molar-refractivity contribution in [1.82, 2.24) is 9.38 Å². The van der Waals surface area contributed by atoms with Gasteiger partial charge in [0.15, 0.2) is 0 Å². The molecular weight excluding hydrogens is 186 g/mol. The zero-order valence-corrected chi connectivity index (χ0v) is 8.64. The number of nitrogens with zero attached hydrogens (tertiary/aromatic N) is 2. The fourth-order valence-corrected chi connectivity index (χ4v) is 1.58. The second-order valence-electron chi connectivity index (χ2n) is 3.28. The molecule has 0 aliphatic heterocycles. The first-order chi connectivity index (χ1) is 7.26. The van der Waals surface area contributed by atoms with Gasteiger partial charge in [0.1, 0.15) is 5.65 Å². The van der Waals surface area contributed by atoms with Crippen LogP contribution in [-0.4, -0.2) is 9.38 Å². The van der Waals surface area contributed by atoms with E-state index in [-0.39, 0.29) is 0 Å². The van der Waals surface area contributed by atoms with Crippen molar-refractivity contribution in [1.29, 1.82) is 0 Å². The van der Waals surface area contributed by atoms with Crippen molar-refractivity contribution in [3.8, 4) is 0 Å². The lowest BCUT2D eigenvalue weighted by molar-refractivity contribution is 1.16. The van der Waals surface area contributed by atoms with Crippen molar-refractivity contribution < 1.29 is 0 Å². The van der Waals surface area contributed by atoms with E-state index in [9.17, 15) is 0 Å². The topological polar surface area (TPSA) is 43.3 Å². The van der Waals surface area contributed by atoms with Gasteiger partial charge in [-0.05, 0) is 18.6 Å². The molecule has 2 rings (SSSR count). The number of allylic oxidation sites excluding steroid dienone is 3. The lowest BCUT2D eigenvalue weighted by atomic mass is 10.2. The molecule has 0 saturated carbocycles. The molecule has 0 aliphatic carbocycles. The van der Waals surface area contributed by atoms with Crippen LogP contribution in [0.2, 0.25) is 0 Å². The molecule has 3 heteroatoms. The van der Waals surface area contributed by atoms with Gasteiger partial charge in [0.05, 0.1) is 11.9 Å². The van der Waals surface area contributed by atoms with E-state index in [4.69, 9.17) is 5.73 Å². The molecule has 0 atom stereocenters. The minimum absolute atomic E-state index is 0.722. The number of pyridine rings is 1. The Morgan fingerprint density at radius 1 is 1.60 bits per heavy atom. The average molecular weight is 199 g/mol. The normalized spacial score (nSPS) is 11.9. The van der Waals surface area contributed by atoms with Gasteiger partial charge < -0.3 is 5.73 Å². The summed E-state index contributed by atoms with van der Waals surface area (Å²) in [4.78, 5) is 4.29. The minimum Gasteiger partial charge on any atom is -0.399 e. The molecule has 2 N–H and O–H groups in total. The molecule has 0 bridgehead atoms. The van der Waals surface area contributed by atoms with Crippen LogP contribution in [0.25, 0.3) is 11.2 Å². The third-order valence-electron chi connectivity index (χ3n) is 2.36. The van der Waals surface area contributed by atoms with Crippen molar-refractivity contribution in [3.63, 3.8) is 0 Å². The van der Waals surface area contributed by atoms with Crippen LogP contribution in [0.4, 0.5) is 5.69 Å².